The molecule has 0 radical (unpaired) electrons. The summed E-state index contributed by atoms with van der Waals surface area (Å²) in [6.07, 6.45) is 6.77. The van der Waals surface area contributed by atoms with Crippen LogP contribution in [0.15, 0.2) is 41.4 Å². The van der Waals surface area contributed by atoms with Crippen molar-refractivity contribution in [2.45, 2.75) is 33.1 Å². The Labute approximate surface area is 177 Å². The maximum absolute atomic E-state index is 6.29. The van der Waals surface area contributed by atoms with Crippen molar-refractivity contribution in [3.8, 4) is 11.5 Å². The van der Waals surface area contributed by atoms with Crippen LogP contribution in [0.3, 0.4) is 0 Å². The molecule has 0 spiro atoms. The van der Waals surface area contributed by atoms with Crippen molar-refractivity contribution in [1.82, 2.24) is 0 Å². The van der Waals surface area contributed by atoms with Crippen molar-refractivity contribution in [2.24, 2.45) is 4.99 Å². The highest BCUT2D eigenvalue weighted by Gasteiger charge is 2.18. The highest BCUT2D eigenvalue weighted by atomic mass is 35.5. The number of allylic oxidation sites excluding steroid dienone is 1. The molecule has 28 heavy (non-hydrogen) atoms. The van der Waals surface area contributed by atoms with Gasteiger partial charge in [0.2, 0.25) is 0 Å². The van der Waals surface area contributed by atoms with Crippen LogP contribution in [0.25, 0.3) is 6.08 Å². The lowest BCUT2D eigenvalue weighted by atomic mass is 9.96. The van der Waals surface area contributed by atoms with Gasteiger partial charge in [0.05, 0.1) is 18.9 Å². The number of halogens is 2. The number of hydrogen-bond donors (Lipinski definition) is 0. The van der Waals surface area contributed by atoms with Crippen LogP contribution in [0.4, 0.5) is 0 Å². The fraction of sp³-hybridized carbons (Fsp3) is 0.348. The number of fused-ring (bicyclic) bond motifs is 1. The molecule has 3 rings (SSSR count). The maximum atomic E-state index is 6.29. The fourth-order valence-corrected chi connectivity index (χ4v) is 3.50. The van der Waals surface area contributed by atoms with Crippen LogP contribution in [0.1, 0.15) is 43.4 Å². The molecule has 0 aliphatic carbocycles. The first-order valence-corrected chi connectivity index (χ1v) is 10.5. The normalized spacial score (nSPS) is 13.4. The molecule has 2 aromatic carbocycles. The molecule has 0 amide bonds. The zero-order valence-corrected chi connectivity index (χ0v) is 17.8. The third-order valence-electron chi connectivity index (χ3n) is 4.42. The summed E-state index contributed by atoms with van der Waals surface area (Å²) in [5, 5.41) is 1.25. The Kier molecular flexibility index (Phi) is 7.41. The molecule has 0 fully saturated rings. The Hall–Kier alpha value is -1.97. The molecular weight excluding hydrogens is 393 g/mol. The molecule has 148 valence electrons. The molecule has 0 saturated carbocycles. The van der Waals surface area contributed by atoms with Crippen molar-refractivity contribution < 1.29 is 9.47 Å². The topological polar surface area (TPSA) is 30.8 Å². The molecule has 3 nitrogen and oxygen atoms in total. The van der Waals surface area contributed by atoms with Gasteiger partial charge in [0.25, 0.3) is 0 Å². The quantitative estimate of drug-likeness (QED) is 0.482. The molecule has 0 aromatic heterocycles. The van der Waals surface area contributed by atoms with Gasteiger partial charge in [0, 0.05) is 22.2 Å². The molecule has 1 aliphatic rings. The summed E-state index contributed by atoms with van der Waals surface area (Å²) in [5.41, 5.74) is 4.15. The third kappa shape index (κ3) is 5.09. The van der Waals surface area contributed by atoms with Crippen LogP contribution in [0.5, 0.6) is 11.5 Å². The predicted molar refractivity (Wildman–Crippen MR) is 119 cm³/mol. The largest absolute Gasteiger partial charge is 0.490 e. The van der Waals surface area contributed by atoms with Crippen LogP contribution in [0, 0.1) is 0 Å². The van der Waals surface area contributed by atoms with E-state index in [-0.39, 0.29) is 0 Å². The minimum Gasteiger partial charge on any atom is -0.490 e. The molecule has 1 aliphatic heterocycles. The second-order valence-electron chi connectivity index (χ2n) is 6.67. The summed E-state index contributed by atoms with van der Waals surface area (Å²) in [7, 11) is 0. The molecule has 1 heterocycles. The van der Waals surface area contributed by atoms with Gasteiger partial charge >= 0.3 is 0 Å². The van der Waals surface area contributed by atoms with Crippen LogP contribution < -0.4 is 9.47 Å². The van der Waals surface area contributed by atoms with Gasteiger partial charge in [-0.1, -0.05) is 49.2 Å². The van der Waals surface area contributed by atoms with Crippen LogP contribution in [0.2, 0.25) is 10.0 Å². The van der Waals surface area contributed by atoms with Gasteiger partial charge < -0.3 is 9.47 Å². The van der Waals surface area contributed by atoms with E-state index in [1.807, 2.05) is 24.3 Å². The Morgan fingerprint density at radius 2 is 1.68 bits per heavy atom. The van der Waals surface area contributed by atoms with E-state index in [1.54, 1.807) is 6.07 Å². The standard InChI is InChI=1S/C23H25Cl2NO2/c1-3-11-27-22-13-17-9-10-26-21(19(17)15-23(22)28-12-4-2)8-6-16-5-7-18(24)14-20(16)25/h5-8,13-15H,3-4,9-12H2,1-2H3/b8-6+. The lowest BCUT2D eigenvalue weighted by Crippen LogP contribution is -2.13. The first-order valence-electron chi connectivity index (χ1n) is 9.72. The van der Waals surface area contributed by atoms with Crippen molar-refractivity contribution in [3.05, 3.63) is 63.1 Å². The number of ether oxygens (including phenoxy) is 2. The van der Waals surface area contributed by atoms with E-state index < -0.39 is 0 Å². The Morgan fingerprint density at radius 1 is 0.964 bits per heavy atom. The number of aliphatic imine (C=N–C) groups is 1. The molecule has 5 heteroatoms. The van der Waals surface area contributed by atoms with E-state index in [1.165, 1.54) is 5.56 Å². The maximum Gasteiger partial charge on any atom is 0.161 e. The zero-order valence-electron chi connectivity index (χ0n) is 16.3. The molecular formula is C23H25Cl2NO2. The van der Waals surface area contributed by atoms with Crippen molar-refractivity contribution in [3.63, 3.8) is 0 Å². The van der Waals surface area contributed by atoms with E-state index in [0.29, 0.717) is 23.3 Å². The minimum atomic E-state index is 0.621. The van der Waals surface area contributed by atoms with Gasteiger partial charge in [-0.15, -0.1) is 0 Å². The molecule has 2 aromatic rings. The highest BCUT2D eigenvalue weighted by Crippen LogP contribution is 2.34. The van der Waals surface area contributed by atoms with E-state index in [9.17, 15) is 0 Å². The Morgan fingerprint density at radius 3 is 2.36 bits per heavy atom. The van der Waals surface area contributed by atoms with E-state index >= 15 is 0 Å². The van der Waals surface area contributed by atoms with Gasteiger partial charge in [-0.05, 0) is 60.7 Å². The SMILES string of the molecule is CCCOc1cc2c(cc1OCCC)C(/C=C/c1ccc(Cl)cc1Cl)=NCC2. The summed E-state index contributed by atoms with van der Waals surface area (Å²) in [6, 6.07) is 9.64. The van der Waals surface area contributed by atoms with Crippen LogP contribution in [-0.4, -0.2) is 25.5 Å². The highest BCUT2D eigenvalue weighted by molar-refractivity contribution is 6.35. The van der Waals surface area contributed by atoms with Crippen LogP contribution >= 0.6 is 23.2 Å². The van der Waals surface area contributed by atoms with E-state index in [0.717, 1.165) is 54.1 Å². The van der Waals surface area contributed by atoms with Crippen molar-refractivity contribution in [2.75, 3.05) is 19.8 Å². The van der Waals surface area contributed by atoms with Gasteiger partial charge in [-0.2, -0.15) is 0 Å². The monoisotopic (exact) mass is 417 g/mol. The van der Waals surface area contributed by atoms with Gasteiger partial charge in [-0.25, -0.2) is 0 Å². The molecule has 0 atom stereocenters. The number of hydrogen-bond acceptors (Lipinski definition) is 3. The first kappa shape index (κ1) is 20.8. The minimum absolute atomic E-state index is 0.621. The lowest BCUT2D eigenvalue weighted by molar-refractivity contribution is 0.268. The number of benzene rings is 2. The molecule has 0 unspecified atom stereocenters. The summed E-state index contributed by atoms with van der Waals surface area (Å²) in [6.45, 7) is 6.28. The van der Waals surface area contributed by atoms with Crippen LogP contribution in [-0.2, 0) is 6.42 Å². The summed E-state index contributed by atoms with van der Waals surface area (Å²) < 4.78 is 11.9. The van der Waals surface area contributed by atoms with Gasteiger partial charge in [0.1, 0.15) is 0 Å². The third-order valence-corrected chi connectivity index (χ3v) is 4.98. The number of nitrogens with zero attached hydrogens (tertiary/aromatic N) is 1. The summed E-state index contributed by atoms with van der Waals surface area (Å²) in [5.74, 6) is 1.60. The first-order chi connectivity index (χ1) is 13.6. The zero-order chi connectivity index (χ0) is 19.9. The number of rotatable bonds is 8. The van der Waals surface area contributed by atoms with Gasteiger partial charge in [-0.3, -0.25) is 4.99 Å². The smallest absolute Gasteiger partial charge is 0.161 e. The average molecular weight is 418 g/mol. The van der Waals surface area contributed by atoms with Crippen molar-refractivity contribution in [1.29, 1.82) is 0 Å². The lowest BCUT2D eigenvalue weighted by Gasteiger charge is -2.20. The second-order valence-corrected chi connectivity index (χ2v) is 7.51. The predicted octanol–water partition coefficient (Wildman–Crippen LogP) is 6.63. The van der Waals surface area contributed by atoms with Crippen molar-refractivity contribution >= 4 is 35.0 Å². The van der Waals surface area contributed by atoms with Gasteiger partial charge in [0.15, 0.2) is 11.5 Å². The van der Waals surface area contributed by atoms with E-state index in [4.69, 9.17) is 37.7 Å². The molecule has 0 bridgehead atoms. The average Bonchev–Trinajstić information content (AvgIpc) is 2.69. The molecule has 0 N–H and O–H groups in total. The summed E-state index contributed by atoms with van der Waals surface area (Å²) in [4.78, 5) is 4.71. The fourth-order valence-electron chi connectivity index (χ4n) is 3.03. The second kappa shape index (κ2) is 9.99. The Bertz CT molecular complexity index is 890. The summed E-state index contributed by atoms with van der Waals surface area (Å²) >= 11 is 12.3. The van der Waals surface area contributed by atoms with E-state index in [2.05, 4.69) is 26.0 Å². The Balaban J connectivity index is 1.92. The molecule has 0 saturated heterocycles.